The van der Waals surface area contributed by atoms with Crippen LogP contribution < -0.4 is 15.8 Å². The predicted octanol–water partition coefficient (Wildman–Crippen LogP) is 2.06. The van der Waals surface area contributed by atoms with Gasteiger partial charge in [0.15, 0.2) is 0 Å². The summed E-state index contributed by atoms with van der Waals surface area (Å²) in [5.41, 5.74) is 7.19. The van der Waals surface area contributed by atoms with E-state index in [1.165, 1.54) is 0 Å². The average Bonchev–Trinajstić information content (AvgIpc) is 2.75. The van der Waals surface area contributed by atoms with Crippen molar-refractivity contribution in [3.8, 4) is 5.75 Å². The molecule has 28 heavy (non-hydrogen) atoms. The second-order valence-corrected chi connectivity index (χ2v) is 7.22. The minimum absolute atomic E-state index is 0.0466. The van der Waals surface area contributed by atoms with E-state index in [1.807, 2.05) is 54.6 Å². The van der Waals surface area contributed by atoms with Crippen molar-refractivity contribution in [1.29, 1.82) is 0 Å². The molecule has 0 bridgehead atoms. The van der Waals surface area contributed by atoms with Gasteiger partial charge in [-0.15, -0.1) is 0 Å². The molecule has 1 heterocycles. The summed E-state index contributed by atoms with van der Waals surface area (Å²) in [5.74, 6) is 0.623. The Morgan fingerprint density at radius 2 is 1.82 bits per heavy atom. The van der Waals surface area contributed by atoms with Crippen molar-refractivity contribution in [2.75, 3.05) is 40.0 Å². The number of carbonyl (C=O) groups excluding carboxylic acids is 1. The molecule has 0 aromatic heterocycles. The van der Waals surface area contributed by atoms with Gasteiger partial charge in [-0.1, -0.05) is 42.5 Å². The molecule has 1 aliphatic rings. The maximum absolute atomic E-state index is 12.9. The van der Waals surface area contributed by atoms with E-state index >= 15 is 0 Å². The summed E-state index contributed by atoms with van der Waals surface area (Å²) >= 11 is 0. The lowest BCUT2D eigenvalue weighted by molar-refractivity contribution is -0.126. The van der Waals surface area contributed by atoms with Gasteiger partial charge in [0, 0.05) is 19.6 Å². The molecule has 2 aromatic carbocycles. The number of morpholine rings is 1. The van der Waals surface area contributed by atoms with Crippen molar-refractivity contribution >= 4 is 5.91 Å². The number of ether oxygens (including phenoxy) is 2. The van der Waals surface area contributed by atoms with Crippen molar-refractivity contribution < 1.29 is 14.3 Å². The minimum atomic E-state index is -1.09. The third kappa shape index (κ3) is 4.70. The molecule has 6 nitrogen and oxygen atoms in total. The van der Waals surface area contributed by atoms with E-state index in [2.05, 4.69) is 10.2 Å². The number of amides is 1. The van der Waals surface area contributed by atoms with E-state index in [-0.39, 0.29) is 11.9 Å². The van der Waals surface area contributed by atoms with E-state index < -0.39 is 5.54 Å². The highest BCUT2D eigenvalue weighted by molar-refractivity contribution is 5.87. The van der Waals surface area contributed by atoms with E-state index in [0.29, 0.717) is 19.8 Å². The Kier molecular flexibility index (Phi) is 6.67. The summed E-state index contributed by atoms with van der Waals surface area (Å²) in [4.78, 5) is 15.2. The molecule has 1 aliphatic heterocycles. The highest BCUT2D eigenvalue weighted by Crippen LogP contribution is 2.24. The third-order valence-corrected chi connectivity index (χ3v) is 5.29. The molecular weight excluding hydrogens is 354 g/mol. The van der Waals surface area contributed by atoms with Crippen LogP contribution in [0.4, 0.5) is 0 Å². The molecule has 0 saturated carbocycles. The highest BCUT2D eigenvalue weighted by atomic mass is 16.5. The normalized spacial score (nSPS) is 18.1. The quantitative estimate of drug-likeness (QED) is 0.765. The molecule has 0 aliphatic carbocycles. The van der Waals surface area contributed by atoms with E-state index in [9.17, 15) is 4.79 Å². The minimum Gasteiger partial charge on any atom is -0.497 e. The molecule has 2 aromatic rings. The molecule has 2 unspecified atom stereocenters. The van der Waals surface area contributed by atoms with E-state index in [1.54, 1.807) is 14.0 Å². The van der Waals surface area contributed by atoms with E-state index in [4.69, 9.17) is 15.2 Å². The first kappa shape index (κ1) is 20.3. The van der Waals surface area contributed by atoms with Crippen LogP contribution >= 0.6 is 0 Å². The van der Waals surface area contributed by atoms with Crippen LogP contribution in [0, 0.1) is 0 Å². The van der Waals surface area contributed by atoms with Crippen LogP contribution in [0.1, 0.15) is 24.1 Å². The Morgan fingerprint density at radius 1 is 1.18 bits per heavy atom. The van der Waals surface area contributed by atoms with Crippen LogP contribution in [0.5, 0.6) is 5.75 Å². The van der Waals surface area contributed by atoms with Crippen LogP contribution in [0.15, 0.2) is 54.6 Å². The van der Waals surface area contributed by atoms with E-state index in [0.717, 1.165) is 30.0 Å². The lowest BCUT2D eigenvalue weighted by atomic mass is 9.92. The Labute approximate surface area is 166 Å². The van der Waals surface area contributed by atoms with Crippen molar-refractivity contribution in [2.45, 2.75) is 18.5 Å². The number of nitrogens with one attached hydrogen (secondary N) is 1. The maximum Gasteiger partial charge on any atom is 0.244 e. The summed E-state index contributed by atoms with van der Waals surface area (Å²) < 4.78 is 10.8. The summed E-state index contributed by atoms with van der Waals surface area (Å²) in [6.45, 7) is 5.26. The monoisotopic (exact) mass is 383 g/mol. The number of methoxy groups -OCH3 is 1. The Bertz CT molecular complexity index is 756. The first-order chi connectivity index (χ1) is 13.5. The predicted molar refractivity (Wildman–Crippen MR) is 109 cm³/mol. The fourth-order valence-corrected chi connectivity index (χ4v) is 3.46. The average molecular weight is 383 g/mol. The first-order valence-electron chi connectivity index (χ1n) is 9.61. The van der Waals surface area contributed by atoms with Gasteiger partial charge in [-0.05, 0) is 30.2 Å². The zero-order valence-electron chi connectivity index (χ0n) is 16.6. The Balaban J connectivity index is 1.74. The molecule has 3 N–H and O–H groups in total. The second-order valence-electron chi connectivity index (χ2n) is 7.22. The standard InChI is InChI=1S/C22H29N3O3/c1-22(23,18-6-4-3-5-7-18)21(26)24-16-20(25-12-14-28-15-13-25)17-8-10-19(27-2)11-9-17/h3-11,20H,12-16,23H2,1-2H3,(H,24,26). The summed E-state index contributed by atoms with van der Waals surface area (Å²) in [6, 6.07) is 17.5. The molecule has 0 radical (unpaired) electrons. The van der Waals surface area contributed by atoms with Gasteiger partial charge in [0.2, 0.25) is 5.91 Å². The maximum atomic E-state index is 12.9. The molecule has 0 spiro atoms. The molecule has 2 atom stereocenters. The van der Waals surface area contributed by atoms with Gasteiger partial charge in [0.1, 0.15) is 11.3 Å². The lowest BCUT2D eigenvalue weighted by Crippen LogP contribution is -2.51. The molecule has 3 rings (SSSR count). The summed E-state index contributed by atoms with van der Waals surface area (Å²) in [7, 11) is 1.65. The largest absolute Gasteiger partial charge is 0.497 e. The highest BCUT2D eigenvalue weighted by Gasteiger charge is 2.31. The topological polar surface area (TPSA) is 76.8 Å². The fraction of sp³-hybridized carbons (Fsp3) is 0.409. The first-order valence-corrected chi connectivity index (χ1v) is 9.61. The Morgan fingerprint density at radius 3 is 2.43 bits per heavy atom. The number of nitrogens with zero attached hydrogens (tertiary/aromatic N) is 1. The zero-order chi connectivity index (χ0) is 20.0. The van der Waals surface area contributed by atoms with Crippen molar-refractivity contribution in [1.82, 2.24) is 10.2 Å². The van der Waals surface area contributed by atoms with Gasteiger partial charge in [0.25, 0.3) is 0 Å². The molecule has 6 heteroatoms. The zero-order valence-corrected chi connectivity index (χ0v) is 16.6. The molecule has 150 valence electrons. The number of hydrogen-bond acceptors (Lipinski definition) is 5. The lowest BCUT2D eigenvalue weighted by Gasteiger charge is -2.35. The SMILES string of the molecule is COc1ccc(C(CNC(=O)C(C)(N)c2ccccc2)N2CCOCC2)cc1. The number of hydrogen-bond donors (Lipinski definition) is 2. The van der Waals surface area contributed by atoms with Crippen molar-refractivity contribution in [3.05, 3.63) is 65.7 Å². The van der Waals surface area contributed by atoms with Gasteiger partial charge in [-0.25, -0.2) is 0 Å². The molecule has 1 amide bonds. The fourth-order valence-electron chi connectivity index (χ4n) is 3.46. The molecular formula is C22H29N3O3. The molecule has 1 saturated heterocycles. The summed E-state index contributed by atoms with van der Waals surface area (Å²) in [5, 5.41) is 3.07. The number of carbonyl (C=O) groups is 1. The smallest absolute Gasteiger partial charge is 0.244 e. The van der Waals surface area contributed by atoms with Crippen LogP contribution in [0.25, 0.3) is 0 Å². The second kappa shape index (κ2) is 9.19. The number of benzene rings is 2. The van der Waals surface area contributed by atoms with Crippen LogP contribution in [-0.2, 0) is 15.1 Å². The van der Waals surface area contributed by atoms with Crippen LogP contribution in [-0.4, -0.2) is 50.8 Å². The van der Waals surface area contributed by atoms with Crippen LogP contribution in [0.3, 0.4) is 0 Å². The molecule has 1 fully saturated rings. The van der Waals surface area contributed by atoms with Gasteiger partial charge < -0.3 is 20.5 Å². The van der Waals surface area contributed by atoms with Crippen molar-refractivity contribution in [2.24, 2.45) is 5.73 Å². The number of rotatable bonds is 7. The van der Waals surface area contributed by atoms with Crippen molar-refractivity contribution in [3.63, 3.8) is 0 Å². The number of nitrogens with two attached hydrogens (primary N) is 1. The Hall–Kier alpha value is -2.41. The van der Waals surface area contributed by atoms with Gasteiger partial charge in [-0.3, -0.25) is 9.69 Å². The summed E-state index contributed by atoms with van der Waals surface area (Å²) in [6.07, 6.45) is 0. The van der Waals surface area contributed by atoms with Crippen LogP contribution in [0.2, 0.25) is 0 Å². The third-order valence-electron chi connectivity index (χ3n) is 5.29. The van der Waals surface area contributed by atoms with Gasteiger partial charge >= 0.3 is 0 Å². The van der Waals surface area contributed by atoms with Gasteiger partial charge in [-0.2, -0.15) is 0 Å². The van der Waals surface area contributed by atoms with Gasteiger partial charge in [0.05, 0.1) is 26.4 Å².